The lowest BCUT2D eigenvalue weighted by Gasteiger charge is -2.26. The zero-order valence-electron chi connectivity index (χ0n) is 11.7. The largest absolute Gasteiger partial charge is 0.486 e. The van der Waals surface area contributed by atoms with Gasteiger partial charge in [0.15, 0.2) is 11.5 Å². The van der Waals surface area contributed by atoms with E-state index in [9.17, 15) is 9.59 Å². The molecule has 114 valence electrons. The lowest BCUT2D eigenvalue weighted by Crippen LogP contribution is -2.47. The molecule has 0 spiro atoms. The van der Waals surface area contributed by atoms with Gasteiger partial charge in [-0.2, -0.15) is 0 Å². The van der Waals surface area contributed by atoms with E-state index in [1.54, 1.807) is 12.1 Å². The van der Waals surface area contributed by atoms with E-state index >= 15 is 0 Å². The van der Waals surface area contributed by atoms with Crippen LogP contribution in [0.15, 0.2) is 24.3 Å². The predicted octanol–water partition coefficient (Wildman–Crippen LogP) is -0.560. The number of hydrogen-bond donors (Lipinski definition) is 3. The first kappa shape index (κ1) is 15.1. The van der Waals surface area contributed by atoms with E-state index < -0.39 is 17.9 Å². The standard InChI is InChI=1S/C14H18N2O5/c1-9(17)6-15-13(18)14(19)16-7-10-8-20-11-4-2-3-5-12(11)21-10/h2-5,9-10,17H,6-8H2,1H3,(H,15,18)(H,16,19). The van der Waals surface area contributed by atoms with Crippen LogP contribution in [-0.4, -0.2) is 48.8 Å². The van der Waals surface area contributed by atoms with Gasteiger partial charge in [-0.3, -0.25) is 9.59 Å². The molecule has 0 saturated heterocycles. The van der Waals surface area contributed by atoms with Crippen molar-refractivity contribution >= 4 is 11.8 Å². The summed E-state index contributed by atoms with van der Waals surface area (Å²) in [5.41, 5.74) is 0. The third kappa shape index (κ3) is 4.35. The van der Waals surface area contributed by atoms with Crippen molar-refractivity contribution in [3.63, 3.8) is 0 Å². The molecular formula is C14H18N2O5. The highest BCUT2D eigenvalue weighted by atomic mass is 16.6. The number of carbonyl (C=O) groups is 2. The van der Waals surface area contributed by atoms with E-state index in [-0.39, 0.29) is 19.2 Å². The van der Waals surface area contributed by atoms with Crippen LogP contribution >= 0.6 is 0 Å². The van der Waals surface area contributed by atoms with Gasteiger partial charge in [-0.25, -0.2) is 0 Å². The molecule has 0 fully saturated rings. The van der Waals surface area contributed by atoms with Crippen LogP contribution in [-0.2, 0) is 9.59 Å². The molecule has 1 aliphatic heterocycles. The van der Waals surface area contributed by atoms with Gasteiger partial charge in [-0.15, -0.1) is 0 Å². The Morgan fingerprint density at radius 1 is 1.29 bits per heavy atom. The van der Waals surface area contributed by atoms with Crippen molar-refractivity contribution in [1.29, 1.82) is 0 Å². The monoisotopic (exact) mass is 294 g/mol. The lowest BCUT2D eigenvalue weighted by molar-refractivity contribution is -0.139. The quantitative estimate of drug-likeness (QED) is 0.647. The van der Waals surface area contributed by atoms with Gasteiger partial charge in [-0.1, -0.05) is 12.1 Å². The molecule has 0 saturated carbocycles. The molecule has 3 N–H and O–H groups in total. The maximum Gasteiger partial charge on any atom is 0.309 e. The summed E-state index contributed by atoms with van der Waals surface area (Å²) in [4.78, 5) is 23.0. The minimum Gasteiger partial charge on any atom is -0.486 e. The van der Waals surface area contributed by atoms with E-state index in [2.05, 4.69) is 10.6 Å². The number of aliphatic hydroxyl groups is 1. The SMILES string of the molecule is CC(O)CNC(=O)C(=O)NCC1COc2ccccc2O1. The second kappa shape index (κ2) is 6.94. The molecule has 0 aliphatic carbocycles. The first-order valence-corrected chi connectivity index (χ1v) is 6.69. The van der Waals surface area contributed by atoms with Crippen molar-refractivity contribution < 1.29 is 24.2 Å². The Balaban J connectivity index is 1.76. The lowest BCUT2D eigenvalue weighted by atomic mass is 10.2. The van der Waals surface area contributed by atoms with Crippen molar-refractivity contribution in [3.8, 4) is 11.5 Å². The number of rotatable bonds is 4. The number of hydrogen-bond acceptors (Lipinski definition) is 5. The van der Waals surface area contributed by atoms with Crippen molar-refractivity contribution in [2.75, 3.05) is 19.7 Å². The van der Waals surface area contributed by atoms with E-state index in [0.29, 0.717) is 18.1 Å². The zero-order chi connectivity index (χ0) is 15.2. The predicted molar refractivity (Wildman–Crippen MR) is 74.1 cm³/mol. The van der Waals surface area contributed by atoms with Crippen molar-refractivity contribution in [1.82, 2.24) is 10.6 Å². The summed E-state index contributed by atoms with van der Waals surface area (Å²) in [5, 5.41) is 13.8. The van der Waals surface area contributed by atoms with Crippen LogP contribution in [0.3, 0.4) is 0 Å². The fourth-order valence-electron chi connectivity index (χ4n) is 1.77. The molecular weight excluding hydrogens is 276 g/mol. The number of amides is 2. The highest BCUT2D eigenvalue weighted by Gasteiger charge is 2.22. The summed E-state index contributed by atoms with van der Waals surface area (Å²) in [6.45, 7) is 2.01. The second-order valence-electron chi connectivity index (χ2n) is 4.77. The molecule has 2 amide bonds. The van der Waals surface area contributed by atoms with Crippen LogP contribution in [0.4, 0.5) is 0 Å². The Kier molecular flexibility index (Phi) is 4.99. The molecule has 2 rings (SSSR count). The Morgan fingerprint density at radius 3 is 2.67 bits per heavy atom. The number of nitrogens with one attached hydrogen (secondary N) is 2. The first-order chi connectivity index (χ1) is 10.1. The van der Waals surface area contributed by atoms with Crippen LogP contribution in [0.1, 0.15) is 6.92 Å². The molecule has 0 radical (unpaired) electrons. The topological polar surface area (TPSA) is 96.9 Å². The van der Waals surface area contributed by atoms with Crippen LogP contribution in [0.25, 0.3) is 0 Å². The maximum atomic E-state index is 11.5. The fraction of sp³-hybridized carbons (Fsp3) is 0.429. The third-order valence-electron chi connectivity index (χ3n) is 2.82. The van der Waals surface area contributed by atoms with Crippen molar-refractivity contribution in [3.05, 3.63) is 24.3 Å². The second-order valence-corrected chi connectivity index (χ2v) is 4.77. The molecule has 1 aromatic carbocycles. The van der Waals surface area contributed by atoms with Crippen molar-refractivity contribution in [2.45, 2.75) is 19.1 Å². The normalized spacial score (nSPS) is 17.7. The summed E-state index contributed by atoms with van der Waals surface area (Å²) in [7, 11) is 0. The Morgan fingerprint density at radius 2 is 1.95 bits per heavy atom. The summed E-state index contributed by atoms with van der Waals surface area (Å²) in [6, 6.07) is 7.25. The molecule has 0 bridgehead atoms. The zero-order valence-corrected chi connectivity index (χ0v) is 11.7. The smallest absolute Gasteiger partial charge is 0.309 e. The summed E-state index contributed by atoms with van der Waals surface area (Å²) >= 11 is 0. The molecule has 1 heterocycles. The van der Waals surface area contributed by atoms with Gasteiger partial charge in [0.25, 0.3) is 0 Å². The van der Waals surface area contributed by atoms with Crippen molar-refractivity contribution in [2.24, 2.45) is 0 Å². The molecule has 7 heteroatoms. The van der Waals surface area contributed by atoms with E-state index in [4.69, 9.17) is 14.6 Å². The van der Waals surface area contributed by atoms with Gasteiger partial charge in [-0.05, 0) is 19.1 Å². The van der Waals surface area contributed by atoms with Gasteiger partial charge in [0, 0.05) is 6.54 Å². The molecule has 2 atom stereocenters. The number of aliphatic hydroxyl groups excluding tert-OH is 1. The van der Waals surface area contributed by atoms with E-state index in [1.165, 1.54) is 6.92 Å². The van der Waals surface area contributed by atoms with Crippen LogP contribution < -0.4 is 20.1 Å². The number of fused-ring (bicyclic) bond motifs is 1. The maximum absolute atomic E-state index is 11.5. The van der Waals surface area contributed by atoms with E-state index in [0.717, 1.165) is 0 Å². The Bertz CT molecular complexity index is 518. The summed E-state index contributed by atoms with van der Waals surface area (Å²) in [6.07, 6.45) is -1.05. The number of benzene rings is 1. The van der Waals surface area contributed by atoms with Gasteiger partial charge in [0.2, 0.25) is 0 Å². The summed E-state index contributed by atoms with van der Waals surface area (Å²) in [5.74, 6) is -0.276. The third-order valence-corrected chi connectivity index (χ3v) is 2.82. The van der Waals surface area contributed by atoms with Gasteiger partial charge < -0.3 is 25.2 Å². The average molecular weight is 294 g/mol. The van der Waals surface area contributed by atoms with Gasteiger partial charge in [0.1, 0.15) is 12.7 Å². The minimum absolute atomic E-state index is 0.0304. The van der Waals surface area contributed by atoms with Gasteiger partial charge in [0.05, 0.1) is 12.6 Å². The Labute approximate surface area is 122 Å². The molecule has 21 heavy (non-hydrogen) atoms. The molecule has 7 nitrogen and oxygen atoms in total. The first-order valence-electron chi connectivity index (χ1n) is 6.69. The number of ether oxygens (including phenoxy) is 2. The number of para-hydroxylation sites is 2. The fourth-order valence-corrected chi connectivity index (χ4v) is 1.77. The molecule has 1 aromatic rings. The van der Waals surface area contributed by atoms with E-state index in [1.807, 2.05) is 12.1 Å². The van der Waals surface area contributed by atoms with Crippen LogP contribution in [0.5, 0.6) is 11.5 Å². The molecule has 1 aliphatic rings. The average Bonchev–Trinajstić information content (AvgIpc) is 2.49. The van der Waals surface area contributed by atoms with Crippen LogP contribution in [0, 0.1) is 0 Å². The number of carbonyl (C=O) groups excluding carboxylic acids is 2. The minimum atomic E-state index is -0.784. The highest BCUT2D eigenvalue weighted by molar-refractivity contribution is 6.35. The molecule has 0 aromatic heterocycles. The Hall–Kier alpha value is -2.28. The van der Waals surface area contributed by atoms with Gasteiger partial charge >= 0.3 is 11.8 Å². The molecule has 2 unspecified atom stereocenters. The summed E-state index contributed by atoms with van der Waals surface area (Å²) < 4.78 is 11.1. The van der Waals surface area contributed by atoms with Crippen LogP contribution in [0.2, 0.25) is 0 Å². The highest BCUT2D eigenvalue weighted by Crippen LogP contribution is 2.30.